The normalized spacial score (nSPS) is 23.2. The van der Waals surface area contributed by atoms with Crippen molar-refractivity contribution in [3.63, 3.8) is 0 Å². The fraction of sp³-hybridized carbons (Fsp3) is 0.455. The number of halogens is 1. The minimum Gasteiger partial charge on any atom is -0.507 e. The molecule has 1 aromatic carbocycles. The number of phenolic OH excluding ortho intramolecular Hbond substituents is 1. The fourth-order valence-corrected chi connectivity index (χ4v) is 4.52. The van der Waals surface area contributed by atoms with E-state index >= 15 is 0 Å². The summed E-state index contributed by atoms with van der Waals surface area (Å²) in [6, 6.07) is 5.81. The minimum atomic E-state index is -0.0311. The predicted molar refractivity (Wildman–Crippen MR) is 114 cm³/mol. The maximum Gasteiger partial charge on any atom is 0.152 e. The number of fused-ring (bicyclic) bond motifs is 1. The number of aromatic nitrogens is 2. The lowest BCUT2D eigenvalue weighted by molar-refractivity contribution is -0.0625. The number of phenols is 1. The van der Waals surface area contributed by atoms with Crippen LogP contribution in [0.25, 0.3) is 11.3 Å². The number of nitrogens with one attached hydrogen (secondary N) is 1. The van der Waals surface area contributed by atoms with Crippen LogP contribution in [0.2, 0.25) is 0 Å². The second kappa shape index (κ2) is 7.73. The van der Waals surface area contributed by atoms with Gasteiger partial charge in [-0.3, -0.25) is 0 Å². The van der Waals surface area contributed by atoms with Crippen LogP contribution in [-0.4, -0.2) is 34.1 Å². The number of methoxy groups -OCH3 is 1. The molecule has 0 radical (unpaired) electrons. The second-order valence-electron chi connectivity index (χ2n) is 7.92. The van der Waals surface area contributed by atoms with Gasteiger partial charge in [-0.1, -0.05) is 5.92 Å². The Bertz CT molecular complexity index is 958. The molecule has 2 N–H and O–H groups in total. The van der Waals surface area contributed by atoms with Crippen molar-refractivity contribution in [2.24, 2.45) is 0 Å². The van der Waals surface area contributed by atoms with Gasteiger partial charge in [0.1, 0.15) is 11.4 Å². The highest BCUT2D eigenvalue weighted by atomic mass is 79.9. The van der Waals surface area contributed by atoms with Crippen LogP contribution in [0.5, 0.6) is 5.75 Å². The van der Waals surface area contributed by atoms with Crippen LogP contribution in [0.15, 0.2) is 18.2 Å². The molecule has 1 aromatic heterocycles. The molecule has 1 heterocycles. The molecule has 5 nitrogen and oxygen atoms in total. The molecule has 0 unspecified atom stereocenters. The van der Waals surface area contributed by atoms with E-state index in [1.807, 2.05) is 12.1 Å². The Morgan fingerprint density at radius 3 is 2.64 bits per heavy atom. The zero-order chi connectivity index (χ0) is 19.7. The molecule has 0 spiro atoms. The van der Waals surface area contributed by atoms with E-state index in [0.29, 0.717) is 11.6 Å². The Hall–Kier alpha value is -2.10. The Balaban J connectivity index is 1.66. The van der Waals surface area contributed by atoms with E-state index in [2.05, 4.69) is 49.1 Å². The molecule has 0 aliphatic heterocycles. The van der Waals surface area contributed by atoms with Crippen molar-refractivity contribution >= 4 is 21.7 Å². The first-order valence-corrected chi connectivity index (χ1v) is 10.5. The van der Waals surface area contributed by atoms with Crippen LogP contribution in [0.3, 0.4) is 0 Å². The van der Waals surface area contributed by atoms with Gasteiger partial charge in [-0.05, 0) is 74.0 Å². The quantitative estimate of drug-likeness (QED) is 0.687. The molecule has 146 valence electrons. The van der Waals surface area contributed by atoms with E-state index in [1.165, 1.54) is 11.1 Å². The average molecular weight is 442 g/mol. The maximum absolute atomic E-state index is 10.5. The Kier molecular flexibility index (Phi) is 5.31. The van der Waals surface area contributed by atoms with Gasteiger partial charge in [0, 0.05) is 45.8 Å². The molecule has 2 aliphatic rings. The van der Waals surface area contributed by atoms with Gasteiger partial charge in [-0.2, -0.15) is 0 Å². The SMILES string of the molecule is COC1(C)CC(Nc2nnc(-c3ccc(C#CBr)cc3O)c3c2CCCC3)C1. The van der Waals surface area contributed by atoms with Crippen molar-refractivity contribution in [3.05, 3.63) is 34.9 Å². The van der Waals surface area contributed by atoms with Crippen LogP contribution in [0.4, 0.5) is 5.82 Å². The van der Waals surface area contributed by atoms with E-state index in [0.717, 1.165) is 55.6 Å². The van der Waals surface area contributed by atoms with Gasteiger partial charge in [0.05, 0.1) is 5.60 Å². The monoisotopic (exact) mass is 441 g/mol. The maximum atomic E-state index is 10.5. The fourth-order valence-electron chi connectivity index (χ4n) is 4.29. The molecule has 28 heavy (non-hydrogen) atoms. The van der Waals surface area contributed by atoms with Crippen molar-refractivity contribution in [2.45, 2.75) is 57.1 Å². The van der Waals surface area contributed by atoms with E-state index in [1.54, 1.807) is 13.2 Å². The van der Waals surface area contributed by atoms with E-state index in [4.69, 9.17) is 4.74 Å². The zero-order valence-electron chi connectivity index (χ0n) is 16.2. The van der Waals surface area contributed by atoms with Crippen LogP contribution >= 0.6 is 15.9 Å². The second-order valence-corrected chi connectivity index (χ2v) is 8.31. The summed E-state index contributed by atoms with van der Waals surface area (Å²) in [5.74, 6) is 3.97. The summed E-state index contributed by atoms with van der Waals surface area (Å²) in [7, 11) is 1.77. The highest BCUT2D eigenvalue weighted by Crippen LogP contribution is 2.40. The number of ether oxygens (including phenoxy) is 1. The van der Waals surface area contributed by atoms with Crippen LogP contribution < -0.4 is 5.32 Å². The number of rotatable bonds is 4. The Morgan fingerprint density at radius 2 is 1.96 bits per heavy atom. The highest BCUT2D eigenvalue weighted by molar-refractivity contribution is 9.12. The van der Waals surface area contributed by atoms with Crippen molar-refractivity contribution in [3.8, 4) is 27.8 Å². The van der Waals surface area contributed by atoms with Crippen molar-refractivity contribution < 1.29 is 9.84 Å². The van der Waals surface area contributed by atoms with E-state index in [-0.39, 0.29) is 11.4 Å². The van der Waals surface area contributed by atoms with Crippen molar-refractivity contribution in [2.75, 3.05) is 12.4 Å². The smallest absolute Gasteiger partial charge is 0.152 e. The number of hydrogen-bond donors (Lipinski definition) is 2. The van der Waals surface area contributed by atoms with E-state index < -0.39 is 0 Å². The third-order valence-electron chi connectivity index (χ3n) is 5.92. The lowest BCUT2D eigenvalue weighted by Crippen LogP contribution is -2.50. The first-order chi connectivity index (χ1) is 13.5. The number of nitrogens with zero attached hydrogens (tertiary/aromatic N) is 2. The van der Waals surface area contributed by atoms with Crippen LogP contribution in [-0.2, 0) is 17.6 Å². The summed E-state index contributed by atoms with van der Waals surface area (Å²) in [5, 5.41) is 23.1. The number of anilines is 1. The molecular formula is C22H24BrN3O2. The molecule has 6 heteroatoms. The van der Waals surface area contributed by atoms with Crippen molar-refractivity contribution in [1.82, 2.24) is 10.2 Å². The molecule has 0 bridgehead atoms. The van der Waals surface area contributed by atoms with Gasteiger partial charge in [-0.25, -0.2) is 0 Å². The summed E-state index contributed by atoms with van der Waals surface area (Å²) in [6.07, 6.45) is 6.17. The molecule has 0 amide bonds. The lowest BCUT2D eigenvalue weighted by Gasteiger charge is -2.44. The van der Waals surface area contributed by atoms with Gasteiger partial charge in [0.15, 0.2) is 5.82 Å². The third kappa shape index (κ3) is 3.61. The van der Waals surface area contributed by atoms with Gasteiger partial charge >= 0.3 is 0 Å². The number of hydrogen-bond acceptors (Lipinski definition) is 5. The summed E-state index contributed by atoms with van der Waals surface area (Å²) in [6.45, 7) is 2.14. The Morgan fingerprint density at radius 1 is 1.21 bits per heavy atom. The first-order valence-electron chi connectivity index (χ1n) is 9.68. The standard InChI is InChI=1S/C22H24BrN3O2/c1-22(28-2)12-15(13-22)24-21-17-6-4-3-5-16(17)20(25-26-21)18-8-7-14(9-10-23)11-19(18)27/h7-8,11,15,27H,3-6,12-13H2,1-2H3,(H,24,26). The lowest BCUT2D eigenvalue weighted by atomic mass is 9.77. The van der Waals surface area contributed by atoms with E-state index in [9.17, 15) is 5.11 Å². The first kappa shape index (κ1) is 19.2. The molecule has 4 rings (SSSR count). The summed E-state index contributed by atoms with van der Waals surface area (Å²) < 4.78 is 5.55. The summed E-state index contributed by atoms with van der Waals surface area (Å²) in [4.78, 5) is 2.67. The van der Waals surface area contributed by atoms with Crippen LogP contribution in [0, 0.1) is 10.8 Å². The zero-order valence-corrected chi connectivity index (χ0v) is 17.8. The molecule has 0 atom stereocenters. The summed E-state index contributed by atoms with van der Waals surface area (Å²) >= 11 is 3.09. The number of benzene rings is 1. The largest absolute Gasteiger partial charge is 0.507 e. The average Bonchev–Trinajstić information content (AvgIpc) is 2.68. The predicted octanol–water partition coefficient (Wildman–Crippen LogP) is 4.41. The number of aromatic hydroxyl groups is 1. The molecule has 2 aromatic rings. The third-order valence-corrected chi connectivity index (χ3v) is 6.12. The molecule has 2 aliphatic carbocycles. The van der Waals surface area contributed by atoms with Gasteiger partial charge in [0.2, 0.25) is 0 Å². The van der Waals surface area contributed by atoms with Crippen LogP contribution in [0.1, 0.15) is 49.3 Å². The molecule has 1 saturated carbocycles. The van der Waals surface area contributed by atoms with Gasteiger partial charge in [-0.15, -0.1) is 10.2 Å². The van der Waals surface area contributed by atoms with Crippen molar-refractivity contribution in [1.29, 1.82) is 0 Å². The molecule has 0 saturated heterocycles. The van der Waals surface area contributed by atoms with Gasteiger partial charge in [0.25, 0.3) is 0 Å². The van der Waals surface area contributed by atoms with Gasteiger partial charge < -0.3 is 15.2 Å². The Labute approximate surface area is 174 Å². The summed E-state index contributed by atoms with van der Waals surface area (Å²) in [5.41, 5.74) is 4.67. The highest BCUT2D eigenvalue weighted by Gasteiger charge is 2.41. The topological polar surface area (TPSA) is 67.3 Å². The molecule has 1 fully saturated rings. The molecular weight excluding hydrogens is 418 g/mol. The minimum absolute atomic E-state index is 0.0311.